The Balaban J connectivity index is 0.000000364. The van der Waals surface area contributed by atoms with Crippen LogP contribution in [0, 0.1) is 0 Å². The van der Waals surface area contributed by atoms with Gasteiger partial charge in [-0.15, -0.1) is 9.79 Å². The van der Waals surface area contributed by atoms with Gasteiger partial charge in [-0.05, 0) is 5.16 Å². The van der Waals surface area contributed by atoms with Gasteiger partial charge < -0.3 is 18.8 Å². The van der Waals surface area contributed by atoms with Crippen LogP contribution in [0.4, 0.5) is 0 Å². The van der Waals surface area contributed by atoms with Crippen molar-refractivity contribution in [1.29, 1.82) is 0 Å². The molecule has 1 aromatic rings. The van der Waals surface area contributed by atoms with E-state index < -0.39 is 15.0 Å². The zero-order valence-electron chi connectivity index (χ0n) is 6.42. The summed E-state index contributed by atoms with van der Waals surface area (Å²) in [5.74, 6) is -0.0201. The Labute approximate surface area is 84.0 Å². The van der Waals surface area contributed by atoms with Gasteiger partial charge in [-0.1, -0.05) is 0 Å². The third-order valence-corrected chi connectivity index (χ3v) is 1.28. The topological polar surface area (TPSA) is 133 Å². The lowest BCUT2D eigenvalue weighted by Gasteiger charge is -2.04. The minimum atomic E-state index is -3.64. The molecule has 0 spiro atoms. The van der Waals surface area contributed by atoms with Gasteiger partial charge in [0.25, 0.3) is 5.88 Å². The molecule has 11 heteroatoms. The number of hydrogen-bond acceptors (Lipinski definition) is 5. The van der Waals surface area contributed by atoms with Crippen LogP contribution in [0.25, 0.3) is 0 Å². The van der Waals surface area contributed by atoms with E-state index in [1.807, 2.05) is 0 Å². The molecule has 14 heavy (non-hydrogen) atoms. The first-order valence-corrected chi connectivity index (χ1v) is 6.61. The van der Waals surface area contributed by atoms with Crippen LogP contribution >= 0.6 is 15.0 Å². The molecule has 80 valence electrons. The van der Waals surface area contributed by atoms with E-state index in [1.165, 1.54) is 12.3 Å². The molecule has 1 rings (SSSR count). The van der Waals surface area contributed by atoms with E-state index in [-0.39, 0.29) is 5.88 Å². The van der Waals surface area contributed by atoms with E-state index in [9.17, 15) is 0 Å². The van der Waals surface area contributed by atoms with E-state index in [2.05, 4.69) is 26.0 Å². The molecule has 1 heterocycles. The van der Waals surface area contributed by atoms with Gasteiger partial charge in [0.2, 0.25) is 0 Å². The zero-order chi connectivity index (χ0) is 11.2. The first-order valence-electron chi connectivity index (χ1n) is 2.82. The Bertz CT molecular complexity index is 316. The van der Waals surface area contributed by atoms with Crippen LogP contribution in [-0.4, -0.2) is 24.7 Å². The standard InChI is InChI=1S/C3H4NO4PS.HO3P/c5-9(6,10)8-3-1-2-7-4-3;1-4(2)3/h1-2H,(H2,5,6,10);(H-,1,2,3)/p+1. The number of aromatic nitrogens is 1. The molecule has 0 saturated carbocycles. The smallest absolute Gasteiger partial charge is 0.403 e. The van der Waals surface area contributed by atoms with Crippen molar-refractivity contribution in [2.24, 2.45) is 0 Å². The van der Waals surface area contributed by atoms with Crippen molar-refractivity contribution >= 4 is 26.8 Å². The van der Waals surface area contributed by atoms with Gasteiger partial charge in [-0.2, -0.15) is 0 Å². The number of rotatable bonds is 2. The van der Waals surface area contributed by atoms with Gasteiger partial charge in [0.1, 0.15) is 6.26 Å². The highest BCUT2D eigenvalue weighted by atomic mass is 32.5. The van der Waals surface area contributed by atoms with Crippen LogP contribution in [0.1, 0.15) is 0 Å². The molecule has 4 N–H and O–H groups in total. The quantitative estimate of drug-likeness (QED) is 0.538. The van der Waals surface area contributed by atoms with Crippen molar-refractivity contribution in [3.8, 4) is 5.88 Å². The van der Waals surface area contributed by atoms with Gasteiger partial charge in [0.15, 0.2) is 0 Å². The maximum atomic E-state index is 8.70. The molecule has 1 aromatic heterocycles. The van der Waals surface area contributed by atoms with Crippen molar-refractivity contribution in [2.45, 2.75) is 0 Å². The fourth-order valence-corrected chi connectivity index (χ4v) is 0.937. The Morgan fingerprint density at radius 2 is 2.07 bits per heavy atom. The summed E-state index contributed by atoms with van der Waals surface area (Å²) in [6.07, 6.45) is 1.24. The first-order chi connectivity index (χ1) is 6.31. The summed E-state index contributed by atoms with van der Waals surface area (Å²) in [6, 6.07) is 1.33. The van der Waals surface area contributed by atoms with Crippen molar-refractivity contribution in [3.05, 3.63) is 12.3 Å². The maximum absolute atomic E-state index is 8.70. The van der Waals surface area contributed by atoms with Crippen molar-refractivity contribution in [3.63, 3.8) is 0 Å². The third kappa shape index (κ3) is 9.69. The summed E-state index contributed by atoms with van der Waals surface area (Å²) in [5.41, 5.74) is 0. The van der Waals surface area contributed by atoms with Crippen LogP contribution in [0.5, 0.6) is 5.88 Å². The first kappa shape index (κ1) is 13.6. The molecule has 0 bridgehead atoms. The molecule has 0 aliphatic carbocycles. The van der Waals surface area contributed by atoms with Gasteiger partial charge in [0.05, 0.1) is 0 Å². The number of nitrogens with zero attached hydrogens (tertiary/aromatic N) is 1. The highest BCUT2D eigenvalue weighted by Gasteiger charge is 2.11. The zero-order valence-corrected chi connectivity index (χ0v) is 9.02. The molecular formula is C3H6NO7P2S+. The van der Waals surface area contributed by atoms with E-state index in [0.717, 1.165) is 0 Å². The molecule has 0 unspecified atom stereocenters. The van der Waals surface area contributed by atoms with E-state index >= 15 is 0 Å². The minimum Gasteiger partial charge on any atom is -0.403 e. The summed E-state index contributed by atoms with van der Waals surface area (Å²) in [7, 11) is -2.87. The Morgan fingerprint density at radius 3 is 2.36 bits per heavy atom. The van der Waals surface area contributed by atoms with Crippen LogP contribution in [0.15, 0.2) is 16.9 Å². The predicted octanol–water partition coefficient (Wildman–Crippen LogP) is -0.109. The highest BCUT2D eigenvalue weighted by molar-refractivity contribution is 8.06. The summed E-state index contributed by atoms with van der Waals surface area (Å²) in [6.45, 7) is -3.64. The third-order valence-electron chi connectivity index (χ3n) is 0.627. The van der Waals surface area contributed by atoms with Crippen LogP contribution < -0.4 is 4.52 Å². The second kappa shape index (κ2) is 6.15. The van der Waals surface area contributed by atoms with Crippen LogP contribution in [0.3, 0.4) is 0 Å². The summed E-state index contributed by atoms with van der Waals surface area (Å²) < 4.78 is 17.4. The summed E-state index contributed by atoms with van der Waals surface area (Å²) in [5, 5.41) is 3.25. The molecule has 8 nitrogen and oxygen atoms in total. The molecule has 0 aliphatic rings. The molecule has 0 aliphatic heterocycles. The SMILES string of the molecule is O=[P+](O)O.OP(O)(=S)Oc1ccon1. The van der Waals surface area contributed by atoms with E-state index in [4.69, 9.17) is 24.1 Å². The molecule has 0 atom stereocenters. The van der Waals surface area contributed by atoms with E-state index in [0.29, 0.717) is 0 Å². The molecule has 0 fully saturated rings. The second-order valence-corrected chi connectivity index (χ2v) is 4.77. The van der Waals surface area contributed by atoms with E-state index in [1.54, 1.807) is 0 Å². The largest absolute Gasteiger partial charge is 0.692 e. The lowest BCUT2D eigenvalue weighted by Crippen LogP contribution is -1.88. The van der Waals surface area contributed by atoms with Crippen LogP contribution in [0.2, 0.25) is 0 Å². The fraction of sp³-hybridized carbons (Fsp3) is 0. The summed E-state index contributed by atoms with van der Waals surface area (Å²) in [4.78, 5) is 31.4. The Morgan fingerprint density at radius 1 is 1.57 bits per heavy atom. The predicted molar refractivity (Wildman–Crippen MR) is 47.9 cm³/mol. The Kier molecular flexibility index (Phi) is 5.98. The molecule has 0 saturated heterocycles. The van der Waals surface area contributed by atoms with Crippen molar-refractivity contribution in [2.75, 3.05) is 0 Å². The molecule has 0 amide bonds. The lowest BCUT2D eigenvalue weighted by atomic mass is 10.7. The molecule has 0 aromatic carbocycles. The Hall–Kier alpha value is -0.400. The van der Waals surface area contributed by atoms with Gasteiger partial charge in [0, 0.05) is 22.4 Å². The lowest BCUT2D eigenvalue weighted by molar-refractivity contribution is 0.338. The van der Waals surface area contributed by atoms with Gasteiger partial charge in [-0.3, -0.25) is 0 Å². The van der Waals surface area contributed by atoms with Crippen LogP contribution in [-0.2, 0) is 16.4 Å². The average molecular weight is 262 g/mol. The van der Waals surface area contributed by atoms with Crippen molar-refractivity contribution in [1.82, 2.24) is 5.16 Å². The minimum absolute atomic E-state index is 0.0201. The van der Waals surface area contributed by atoms with Crippen molar-refractivity contribution < 1.29 is 33.2 Å². The molecular weight excluding hydrogens is 256 g/mol. The number of hydrogen-bond donors (Lipinski definition) is 4. The van der Waals surface area contributed by atoms with Gasteiger partial charge in [-0.25, -0.2) is 0 Å². The second-order valence-electron chi connectivity index (χ2n) is 1.67. The fourth-order valence-electron chi connectivity index (χ4n) is 0.370. The highest BCUT2D eigenvalue weighted by Crippen LogP contribution is 2.36. The average Bonchev–Trinajstić information content (AvgIpc) is 2.33. The summed E-state index contributed by atoms with van der Waals surface area (Å²) >= 11 is 4.15. The van der Waals surface area contributed by atoms with Gasteiger partial charge >= 0.3 is 15.0 Å². The normalized spacial score (nSPS) is 10.0. The molecule has 0 radical (unpaired) electrons. The monoisotopic (exact) mass is 262 g/mol. The maximum Gasteiger partial charge on any atom is 0.692 e.